The zero-order valence-corrected chi connectivity index (χ0v) is 13.3. The van der Waals surface area contributed by atoms with Gasteiger partial charge in [0.25, 0.3) is 5.91 Å². The maximum atomic E-state index is 12.4. The summed E-state index contributed by atoms with van der Waals surface area (Å²) in [7, 11) is 0. The van der Waals surface area contributed by atoms with Crippen molar-refractivity contribution in [2.45, 2.75) is 24.4 Å². The predicted molar refractivity (Wildman–Crippen MR) is 88.7 cm³/mol. The van der Waals surface area contributed by atoms with Gasteiger partial charge in [0.15, 0.2) is 18.0 Å². The van der Waals surface area contributed by atoms with Crippen LogP contribution >= 0.6 is 0 Å². The summed E-state index contributed by atoms with van der Waals surface area (Å²) in [4.78, 5) is 23.9. The van der Waals surface area contributed by atoms with Crippen molar-refractivity contribution in [1.82, 2.24) is 5.32 Å². The van der Waals surface area contributed by atoms with Crippen LogP contribution in [0.2, 0.25) is 0 Å². The fraction of sp³-hybridized carbons (Fsp3) is 0.263. The standard InChI is InChI=1S/C19H17NO5/c21-17(22)16-19(18(23)20-11-15(24-16)25-19)10-12-6-8-14(9-7-12)13-4-2-1-3-5-13/h1-9,15-16H,10-11H2,(H,20,23)(H,21,22). The summed E-state index contributed by atoms with van der Waals surface area (Å²) >= 11 is 0. The molecule has 2 aliphatic rings. The Hall–Kier alpha value is -2.70. The number of benzene rings is 2. The molecule has 6 heteroatoms. The Balaban J connectivity index is 1.62. The van der Waals surface area contributed by atoms with Crippen LogP contribution in [0.3, 0.4) is 0 Å². The van der Waals surface area contributed by atoms with Gasteiger partial charge >= 0.3 is 5.97 Å². The van der Waals surface area contributed by atoms with Crippen molar-refractivity contribution in [3.63, 3.8) is 0 Å². The van der Waals surface area contributed by atoms with Crippen molar-refractivity contribution in [2.75, 3.05) is 6.54 Å². The topological polar surface area (TPSA) is 84.9 Å². The Kier molecular flexibility index (Phi) is 3.78. The van der Waals surface area contributed by atoms with Crippen molar-refractivity contribution < 1.29 is 24.2 Å². The van der Waals surface area contributed by atoms with Crippen molar-refractivity contribution in [3.05, 3.63) is 60.2 Å². The third kappa shape index (κ3) is 2.69. The molecule has 0 saturated carbocycles. The summed E-state index contributed by atoms with van der Waals surface area (Å²) < 4.78 is 11.1. The molecule has 2 aliphatic heterocycles. The molecule has 2 N–H and O–H groups in total. The highest BCUT2D eigenvalue weighted by Gasteiger charge is 2.61. The van der Waals surface area contributed by atoms with Crippen LogP contribution in [0.15, 0.2) is 54.6 Å². The minimum atomic E-state index is -1.52. The molecule has 25 heavy (non-hydrogen) atoms. The van der Waals surface area contributed by atoms with E-state index >= 15 is 0 Å². The first-order valence-corrected chi connectivity index (χ1v) is 8.07. The normalized spacial score (nSPS) is 27.8. The molecule has 3 unspecified atom stereocenters. The van der Waals surface area contributed by atoms with Crippen LogP contribution in [0.4, 0.5) is 0 Å². The van der Waals surface area contributed by atoms with Gasteiger partial charge in [0.1, 0.15) is 0 Å². The van der Waals surface area contributed by atoms with Crippen LogP contribution in [0.1, 0.15) is 5.56 Å². The Morgan fingerprint density at radius 1 is 1.12 bits per heavy atom. The highest BCUT2D eigenvalue weighted by atomic mass is 16.8. The number of amides is 1. The van der Waals surface area contributed by atoms with E-state index in [-0.39, 0.29) is 13.0 Å². The van der Waals surface area contributed by atoms with E-state index in [0.717, 1.165) is 16.7 Å². The van der Waals surface area contributed by atoms with Gasteiger partial charge in [0, 0.05) is 6.42 Å². The van der Waals surface area contributed by atoms with Crippen LogP contribution in [-0.2, 0) is 25.5 Å². The second-order valence-electron chi connectivity index (χ2n) is 6.24. The first kappa shape index (κ1) is 15.8. The lowest BCUT2D eigenvalue weighted by atomic mass is 9.87. The fourth-order valence-corrected chi connectivity index (χ4v) is 3.40. The van der Waals surface area contributed by atoms with Crippen molar-refractivity contribution in [3.8, 4) is 11.1 Å². The Morgan fingerprint density at radius 3 is 2.48 bits per heavy atom. The first-order chi connectivity index (χ1) is 12.1. The maximum Gasteiger partial charge on any atom is 0.336 e. The van der Waals surface area contributed by atoms with Crippen LogP contribution in [0.5, 0.6) is 0 Å². The molecule has 2 heterocycles. The van der Waals surface area contributed by atoms with Crippen LogP contribution < -0.4 is 5.32 Å². The number of rotatable bonds is 4. The van der Waals surface area contributed by atoms with Gasteiger partial charge in [-0.1, -0.05) is 54.6 Å². The van der Waals surface area contributed by atoms with E-state index in [4.69, 9.17) is 9.47 Å². The number of fused-ring (bicyclic) bond motifs is 2. The molecule has 2 aromatic rings. The quantitative estimate of drug-likeness (QED) is 0.884. The second-order valence-corrected chi connectivity index (χ2v) is 6.24. The third-order valence-electron chi connectivity index (χ3n) is 4.62. The van der Waals surface area contributed by atoms with E-state index in [1.165, 1.54) is 0 Å². The van der Waals surface area contributed by atoms with E-state index in [0.29, 0.717) is 0 Å². The van der Waals surface area contributed by atoms with E-state index in [1.54, 1.807) is 0 Å². The molecule has 3 atom stereocenters. The van der Waals surface area contributed by atoms with Gasteiger partial charge in [-0.2, -0.15) is 0 Å². The molecule has 2 bridgehead atoms. The van der Waals surface area contributed by atoms with Gasteiger partial charge < -0.3 is 19.9 Å². The van der Waals surface area contributed by atoms with E-state index in [1.807, 2.05) is 54.6 Å². The van der Waals surface area contributed by atoms with E-state index in [9.17, 15) is 14.7 Å². The number of morpholine rings is 1. The zero-order chi connectivity index (χ0) is 17.4. The van der Waals surface area contributed by atoms with Crippen LogP contribution in [0, 0.1) is 0 Å². The van der Waals surface area contributed by atoms with Crippen LogP contribution in [-0.4, -0.2) is 41.5 Å². The van der Waals surface area contributed by atoms with E-state index < -0.39 is 29.9 Å². The molecule has 2 aromatic carbocycles. The molecule has 0 radical (unpaired) electrons. The third-order valence-corrected chi connectivity index (χ3v) is 4.62. The lowest BCUT2D eigenvalue weighted by molar-refractivity contribution is -0.161. The summed E-state index contributed by atoms with van der Waals surface area (Å²) in [6.07, 6.45) is -1.89. The van der Waals surface area contributed by atoms with Gasteiger partial charge in [-0.3, -0.25) is 4.79 Å². The highest BCUT2D eigenvalue weighted by Crippen LogP contribution is 2.36. The number of hydrogen-bond donors (Lipinski definition) is 2. The molecule has 0 aromatic heterocycles. The monoisotopic (exact) mass is 339 g/mol. The number of carbonyl (C=O) groups is 2. The van der Waals surface area contributed by atoms with E-state index in [2.05, 4.69) is 5.32 Å². The molecule has 4 rings (SSSR count). The largest absolute Gasteiger partial charge is 0.479 e. The van der Waals surface area contributed by atoms with Crippen molar-refractivity contribution in [2.24, 2.45) is 0 Å². The molecule has 0 aliphatic carbocycles. The Bertz CT molecular complexity index is 804. The van der Waals surface area contributed by atoms with Gasteiger partial charge in [-0.15, -0.1) is 0 Å². The molecular weight excluding hydrogens is 322 g/mol. The Morgan fingerprint density at radius 2 is 1.80 bits per heavy atom. The number of carboxylic acid groups (broad SMARTS) is 1. The zero-order valence-electron chi connectivity index (χ0n) is 13.3. The van der Waals surface area contributed by atoms with Crippen molar-refractivity contribution in [1.29, 1.82) is 0 Å². The summed E-state index contributed by atoms with van der Waals surface area (Å²) in [5.74, 6) is -1.64. The Labute approximate surface area is 144 Å². The average molecular weight is 339 g/mol. The predicted octanol–water partition coefficient (Wildman–Crippen LogP) is 1.59. The molecule has 2 saturated heterocycles. The lowest BCUT2D eigenvalue weighted by Crippen LogP contribution is -2.60. The summed E-state index contributed by atoms with van der Waals surface area (Å²) in [5, 5.41) is 12.1. The van der Waals surface area contributed by atoms with Crippen molar-refractivity contribution >= 4 is 11.9 Å². The number of hydrogen-bond acceptors (Lipinski definition) is 4. The van der Waals surface area contributed by atoms with Gasteiger partial charge in [0.2, 0.25) is 0 Å². The second kappa shape index (κ2) is 5.98. The van der Waals surface area contributed by atoms with Gasteiger partial charge in [-0.05, 0) is 16.7 Å². The molecule has 6 nitrogen and oxygen atoms in total. The summed E-state index contributed by atoms with van der Waals surface area (Å²) in [6.45, 7) is 0.164. The minimum absolute atomic E-state index is 0.140. The molecular formula is C19H17NO5. The summed E-state index contributed by atoms with van der Waals surface area (Å²) in [5.41, 5.74) is 1.42. The highest BCUT2D eigenvalue weighted by molar-refractivity contribution is 5.93. The number of carbonyl (C=O) groups excluding carboxylic acids is 1. The molecule has 128 valence electrons. The molecule has 1 amide bonds. The number of carboxylic acids is 1. The van der Waals surface area contributed by atoms with Gasteiger partial charge in [0.05, 0.1) is 6.54 Å². The minimum Gasteiger partial charge on any atom is -0.479 e. The van der Waals surface area contributed by atoms with Gasteiger partial charge in [-0.25, -0.2) is 4.79 Å². The number of nitrogens with one attached hydrogen (secondary N) is 1. The lowest BCUT2D eigenvalue weighted by Gasteiger charge is -2.32. The number of aliphatic carboxylic acids is 1. The fourth-order valence-electron chi connectivity index (χ4n) is 3.40. The number of ether oxygens (including phenoxy) is 2. The maximum absolute atomic E-state index is 12.4. The smallest absolute Gasteiger partial charge is 0.336 e. The SMILES string of the molecule is O=C(O)C1OC2CNC(=O)C1(Cc1ccc(-c3ccccc3)cc1)O2. The average Bonchev–Trinajstić information content (AvgIpc) is 2.95. The molecule has 0 spiro atoms. The first-order valence-electron chi connectivity index (χ1n) is 8.07. The molecule has 2 fully saturated rings. The summed E-state index contributed by atoms with van der Waals surface area (Å²) in [6, 6.07) is 17.6. The van der Waals surface area contributed by atoms with Crippen LogP contribution in [0.25, 0.3) is 11.1 Å².